The van der Waals surface area contributed by atoms with E-state index >= 15 is 0 Å². The fourth-order valence-corrected chi connectivity index (χ4v) is 5.14. The fraction of sp³-hybridized carbons (Fsp3) is 0.414. The van der Waals surface area contributed by atoms with Crippen LogP contribution in [0.15, 0.2) is 59.2 Å². The van der Waals surface area contributed by atoms with E-state index < -0.39 is 0 Å². The average molecular weight is 495 g/mol. The maximum atomic E-state index is 14.6. The van der Waals surface area contributed by atoms with Crippen LogP contribution in [0.3, 0.4) is 0 Å². The summed E-state index contributed by atoms with van der Waals surface area (Å²) in [6, 6.07) is 13.9. The lowest BCUT2D eigenvalue weighted by atomic mass is 9.84. The average Bonchev–Trinajstić information content (AvgIpc) is 3.31. The van der Waals surface area contributed by atoms with Crippen LogP contribution in [0.5, 0.6) is 11.5 Å². The van der Waals surface area contributed by atoms with E-state index in [1.807, 2.05) is 32.2 Å². The fourth-order valence-electron chi connectivity index (χ4n) is 5.14. The van der Waals surface area contributed by atoms with Crippen molar-refractivity contribution >= 4 is 5.91 Å². The molecule has 1 aromatic heterocycles. The van der Waals surface area contributed by atoms with Crippen molar-refractivity contribution in [1.29, 1.82) is 0 Å². The molecular weight excluding hydrogens is 459 g/mol. The van der Waals surface area contributed by atoms with Crippen LogP contribution in [0.1, 0.15) is 47.0 Å². The summed E-state index contributed by atoms with van der Waals surface area (Å²) in [5.74, 6) is 1.14. The number of nitrogens with zero attached hydrogens (tertiary/aromatic N) is 2. The van der Waals surface area contributed by atoms with Crippen molar-refractivity contribution in [3.63, 3.8) is 0 Å². The first-order chi connectivity index (χ1) is 17.4. The second-order valence-corrected chi connectivity index (χ2v) is 9.52. The van der Waals surface area contributed by atoms with Gasteiger partial charge in [-0.1, -0.05) is 24.3 Å². The van der Waals surface area contributed by atoms with Gasteiger partial charge in [0.25, 0.3) is 5.91 Å². The van der Waals surface area contributed by atoms with Gasteiger partial charge in [0, 0.05) is 19.6 Å². The Morgan fingerprint density at radius 3 is 2.64 bits per heavy atom. The molecular formula is C29H35FN2O4. The van der Waals surface area contributed by atoms with E-state index in [1.165, 1.54) is 12.3 Å². The Labute approximate surface area is 212 Å². The molecule has 36 heavy (non-hydrogen) atoms. The van der Waals surface area contributed by atoms with E-state index in [0.717, 1.165) is 38.0 Å². The Kier molecular flexibility index (Phi) is 8.31. The maximum absolute atomic E-state index is 14.6. The number of carbonyl (C=O) groups is 1. The van der Waals surface area contributed by atoms with Crippen molar-refractivity contribution in [2.24, 2.45) is 5.92 Å². The van der Waals surface area contributed by atoms with Crippen molar-refractivity contribution < 1.29 is 23.4 Å². The Bertz CT molecular complexity index is 1170. The topological polar surface area (TPSA) is 66.2 Å². The summed E-state index contributed by atoms with van der Waals surface area (Å²) in [4.78, 5) is 17.5. The number of phenolic OH excluding ortho intramolecular Hbond substituents is 1. The molecule has 0 aliphatic carbocycles. The lowest BCUT2D eigenvalue weighted by Crippen LogP contribution is -2.47. The highest BCUT2D eigenvalue weighted by Gasteiger charge is 2.33. The predicted molar refractivity (Wildman–Crippen MR) is 137 cm³/mol. The highest BCUT2D eigenvalue weighted by molar-refractivity contribution is 5.95. The molecule has 1 unspecified atom stereocenters. The second-order valence-electron chi connectivity index (χ2n) is 9.52. The van der Waals surface area contributed by atoms with Crippen LogP contribution < -0.4 is 4.74 Å². The summed E-state index contributed by atoms with van der Waals surface area (Å²) in [6.07, 6.45) is 3.79. The third-order valence-electron chi connectivity index (χ3n) is 7.20. The highest BCUT2D eigenvalue weighted by Crippen LogP contribution is 2.31. The van der Waals surface area contributed by atoms with E-state index in [0.29, 0.717) is 35.7 Å². The number of hydrogen-bond donors (Lipinski definition) is 1. The summed E-state index contributed by atoms with van der Waals surface area (Å²) in [6.45, 7) is 6.67. The molecule has 192 valence electrons. The van der Waals surface area contributed by atoms with Crippen LogP contribution in [-0.4, -0.2) is 53.6 Å². The van der Waals surface area contributed by atoms with Gasteiger partial charge in [0.2, 0.25) is 0 Å². The molecule has 0 radical (unpaired) electrons. The van der Waals surface area contributed by atoms with Crippen molar-refractivity contribution in [3.05, 3.63) is 83.1 Å². The number of hydrogen-bond acceptors (Lipinski definition) is 5. The first-order valence-corrected chi connectivity index (χ1v) is 12.6. The SMILES string of the molecule is CCOc1cc(CN2CCC(C(Cc3ccccc3F)N(C)C(=O)c3ccoc3C)CC2)ccc1O. The smallest absolute Gasteiger partial charge is 0.257 e. The summed E-state index contributed by atoms with van der Waals surface area (Å²) in [7, 11) is 1.82. The minimum absolute atomic E-state index is 0.0995. The second kappa shape index (κ2) is 11.6. The number of amides is 1. The summed E-state index contributed by atoms with van der Waals surface area (Å²) < 4.78 is 25.5. The number of phenols is 1. The number of rotatable bonds is 9. The molecule has 2 aromatic carbocycles. The van der Waals surface area contributed by atoms with Crippen molar-refractivity contribution in [1.82, 2.24) is 9.80 Å². The minimum Gasteiger partial charge on any atom is -0.504 e. The molecule has 4 rings (SSSR count). The maximum Gasteiger partial charge on any atom is 0.257 e. The van der Waals surface area contributed by atoms with Gasteiger partial charge in [0.1, 0.15) is 11.6 Å². The number of benzene rings is 2. The molecule has 3 aromatic rings. The lowest BCUT2D eigenvalue weighted by molar-refractivity contribution is 0.0581. The third-order valence-corrected chi connectivity index (χ3v) is 7.20. The van der Waals surface area contributed by atoms with Gasteiger partial charge in [-0.2, -0.15) is 0 Å². The monoisotopic (exact) mass is 494 g/mol. The Balaban J connectivity index is 1.47. The molecule has 0 saturated carbocycles. The predicted octanol–water partition coefficient (Wildman–Crippen LogP) is 5.43. The van der Waals surface area contributed by atoms with E-state index in [2.05, 4.69) is 4.90 Å². The molecule has 2 heterocycles. The summed E-state index contributed by atoms with van der Waals surface area (Å²) in [5, 5.41) is 9.99. The number of furan rings is 1. The molecule has 1 N–H and O–H groups in total. The van der Waals surface area contributed by atoms with Gasteiger partial charge in [0.15, 0.2) is 11.5 Å². The van der Waals surface area contributed by atoms with Crippen molar-refractivity contribution in [2.45, 2.75) is 45.7 Å². The number of piperidine rings is 1. The Morgan fingerprint density at radius 2 is 1.97 bits per heavy atom. The molecule has 1 amide bonds. The zero-order valence-electron chi connectivity index (χ0n) is 21.2. The van der Waals surface area contributed by atoms with Gasteiger partial charge in [-0.15, -0.1) is 0 Å². The number of carbonyl (C=O) groups excluding carboxylic acids is 1. The number of likely N-dealkylation sites (tertiary alicyclic amines) is 1. The van der Waals surface area contributed by atoms with Crippen LogP contribution in [0.2, 0.25) is 0 Å². The first kappa shape index (κ1) is 25.8. The number of likely N-dealkylation sites (N-methyl/N-ethyl adjacent to an activating group) is 1. The normalized spacial score (nSPS) is 15.6. The molecule has 7 heteroatoms. The largest absolute Gasteiger partial charge is 0.504 e. The standard InChI is InChI=1S/C29H35FN2O4/c1-4-35-28-17-21(9-10-27(28)33)19-32-14-11-22(12-15-32)26(18-23-7-5-6-8-25(23)30)31(3)29(34)24-13-16-36-20(24)2/h5-10,13,16-17,22,26,33H,4,11-12,14-15,18-19H2,1-3H3. The lowest BCUT2D eigenvalue weighted by Gasteiger charge is -2.40. The van der Waals surface area contributed by atoms with Crippen molar-refractivity contribution in [2.75, 3.05) is 26.7 Å². The molecule has 1 atom stereocenters. The number of aromatic hydroxyl groups is 1. The number of ether oxygens (including phenoxy) is 1. The molecule has 1 saturated heterocycles. The molecule has 6 nitrogen and oxygen atoms in total. The van der Waals surface area contributed by atoms with Crippen molar-refractivity contribution in [3.8, 4) is 11.5 Å². The first-order valence-electron chi connectivity index (χ1n) is 12.6. The van der Waals surface area contributed by atoms with E-state index in [1.54, 1.807) is 36.1 Å². The van der Waals surface area contributed by atoms with Gasteiger partial charge >= 0.3 is 0 Å². The van der Waals surface area contributed by atoms with Crippen LogP contribution in [0.4, 0.5) is 4.39 Å². The molecule has 1 fully saturated rings. The quantitative estimate of drug-likeness (QED) is 0.430. The van der Waals surface area contributed by atoms with E-state index in [9.17, 15) is 14.3 Å². The minimum atomic E-state index is -0.238. The van der Waals surface area contributed by atoms with E-state index in [4.69, 9.17) is 9.15 Å². The molecule has 1 aliphatic rings. The van der Waals surface area contributed by atoms with Crippen LogP contribution in [0.25, 0.3) is 0 Å². The van der Waals surface area contributed by atoms with Gasteiger partial charge in [-0.25, -0.2) is 4.39 Å². The van der Waals surface area contributed by atoms with Crippen LogP contribution >= 0.6 is 0 Å². The Hall–Kier alpha value is -3.32. The van der Waals surface area contributed by atoms with E-state index in [-0.39, 0.29) is 29.4 Å². The molecule has 0 bridgehead atoms. The third kappa shape index (κ3) is 5.90. The number of aryl methyl sites for hydroxylation is 1. The summed E-state index contributed by atoms with van der Waals surface area (Å²) >= 11 is 0. The van der Waals surface area contributed by atoms with Crippen LogP contribution in [-0.2, 0) is 13.0 Å². The van der Waals surface area contributed by atoms with Gasteiger partial charge in [-0.05, 0) is 87.5 Å². The molecule has 1 aliphatic heterocycles. The van der Waals surface area contributed by atoms with Gasteiger partial charge in [-0.3, -0.25) is 9.69 Å². The number of halogens is 1. The molecule has 0 spiro atoms. The zero-order valence-corrected chi connectivity index (χ0v) is 21.2. The van der Waals surface area contributed by atoms with Crippen LogP contribution in [0, 0.1) is 18.7 Å². The Morgan fingerprint density at radius 1 is 1.22 bits per heavy atom. The zero-order chi connectivity index (χ0) is 25.7. The highest BCUT2D eigenvalue weighted by atomic mass is 19.1. The van der Waals surface area contributed by atoms with Gasteiger partial charge in [0.05, 0.1) is 18.4 Å². The summed E-state index contributed by atoms with van der Waals surface area (Å²) in [5.41, 5.74) is 2.26. The van der Waals surface area contributed by atoms with Gasteiger partial charge < -0.3 is 19.2 Å².